The van der Waals surface area contributed by atoms with Gasteiger partial charge >= 0.3 is 0 Å². The maximum Gasteiger partial charge on any atom is 0.251 e. The van der Waals surface area contributed by atoms with Gasteiger partial charge in [-0.05, 0) is 37.5 Å². The molecule has 0 bridgehead atoms. The van der Waals surface area contributed by atoms with Crippen LogP contribution in [0.15, 0.2) is 24.3 Å². The summed E-state index contributed by atoms with van der Waals surface area (Å²) in [5.41, 5.74) is 7.56. The third-order valence-corrected chi connectivity index (χ3v) is 2.28. The van der Waals surface area contributed by atoms with Crippen molar-refractivity contribution >= 4 is 5.91 Å². The zero-order chi connectivity index (χ0) is 12.0. The standard InChI is InChI=1S/C13H20N2O/c1-3-7-15-13(16)12-6-4-5-11(9-12)8-10(2)14/h4-6,9-10H,3,7-8,14H2,1-2H3,(H,15,16)/t10-/m1/s1. The molecule has 0 aromatic heterocycles. The number of hydrogen-bond acceptors (Lipinski definition) is 2. The van der Waals surface area contributed by atoms with Gasteiger partial charge in [0.2, 0.25) is 0 Å². The van der Waals surface area contributed by atoms with E-state index in [1.165, 1.54) is 0 Å². The fourth-order valence-corrected chi connectivity index (χ4v) is 1.55. The second-order valence-electron chi connectivity index (χ2n) is 4.14. The van der Waals surface area contributed by atoms with Crippen LogP contribution in [0.5, 0.6) is 0 Å². The molecule has 3 nitrogen and oxygen atoms in total. The Labute approximate surface area is 97.0 Å². The predicted molar refractivity (Wildman–Crippen MR) is 66.4 cm³/mol. The van der Waals surface area contributed by atoms with Gasteiger partial charge in [-0.1, -0.05) is 19.1 Å². The van der Waals surface area contributed by atoms with Crippen LogP contribution in [0, 0.1) is 0 Å². The first-order chi connectivity index (χ1) is 7.63. The van der Waals surface area contributed by atoms with Gasteiger partial charge in [-0.25, -0.2) is 0 Å². The van der Waals surface area contributed by atoms with Crippen LogP contribution in [0.3, 0.4) is 0 Å². The number of amides is 1. The van der Waals surface area contributed by atoms with Crippen LogP contribution in [-0.4, -0.2) is 18.5 Å². The highest BCUT2D eigenvalue weighted by molar-refractivity contribution is 5.94. The molecule has 0 unspecified atom stereocenters. The minimum absolute atomic E-state index is 0.00613. The number of carbonyl (C=O) groups is 1. The molecule has 1 aromatic rings. The molecule has 0 spiro atoms. The normalized spacial score (nSPS) is 12.2. The summed E-state index contributed by atoms with van der Waals surface area (Å²) in [7, 11) is 0. The summed E-state index contributed by atoms with van der Waals surface area (Å²) in [5, 5.41) is 2.86. The van der Waals surface area contributed by atoms with Crippen LogP contribution < -0.4 is 11.1 Å². The van der Waals surface area contributed by atoms with Crippen molar-refractivity contribution < 1.29 is 4.79 Å². The third-order valence-electron chi connectivity index (χ3n) is 2.28. The summed E-state index contributed by atoms with van der Waals surface area (Å²) in [6.45, 7) is 4.72. The van der Waals surface area contributed by atoms with Crippen molar-refractivity contribution in [2.75, 3.05) is 6.54 Å². The molecule has 0 saturated carbocycles. The van der Waals surface area contributed by atoms with E-state index < -0.39 is 0 Å². The monoisotopic (exact) mass is 220 g/mol. The first kappa shape index (κ1) is 12.7. The molecule has 1 amide bonds. The molecule has 3 N–H and O–H groups in total. The predicted octanol–water partition coefficient (Wildman–Crippen LogP) is 1.72. The highest BCUT2D eigenvalue weighted by Crippen LogP contribution is 2.07. The van der Waals surface area contributed by atoms with Gasteiger partial charge in [0.05, 0.1) is 0 Å². The van der Waals surface area contributed by atoms with Crippen LogP contribution in [0.2, 0.25) is 0 Å². The van der Waals surface area contributed by atoms with Crippen molar-refractivity contribution in [3.63, 3.8) is 0 Å². The summed E-state index contributed by atoms with van der Waals surface area (Å²) in [5.74, 6) is -0.00613. The van der Waals surface area contributed by atoms with E-state index in [0.717, 1.165) is 24.9 Å². The van der Waals surface area contributed by atoms with Gasteiger partial charge in [0.25, 0.3) is 5.91 Å². The summed E-state index contributed by atoms with van der Waals surface area (Å²) < 4.78 is 0. The fraction of sp³-hybridized carbons (Fsp3) is 0.462. The highest BCUT2D eigenvalue weighted by atomic mass is 16.1. The number of benzene rings is 1. The summed E-state index contributed by atoms with van der Waals surface area (Å²) in [4.78, 5) is 11.7. The average molecular weight is 220 g/mol. The lowest BCUT2D eigenvalue weighted by Gasteiger charge is -2.08. The lowest BCUT2D eigenvalue weighted by molar-refractivity contribution is 0.0953. The van der Waals surface area contributed by atoms with Gasteiger partial charge < -0.3 is 11.1 Å². The fourth-order valence-electron chi connectivity index (χ4n) is 1.55. The Balaban J connectivity index is 2.69. The molecule has 0 aliphatic carbocycles. The SMILES string of the molecule is CCCNC(=O)c1cccc(C[C@@H](C)N)c1. The van der Waals surface area contributed by atoms with E-state index in [2.05, 4.69) is 5.32 Å². The van der Waals surface area contributed by atoms with Gasteiger partial charge in [-0.3, -0.25) is 4.79 Å². The molecule has 1 atom stereocenters. The Hall–Kier alpha value is -1.35. The molecule has 0 saturated heterocycles. The number of carbonyl (C=O) groups excluding carboxylic acids is 1. The first-order valence-electron chi connectivity index (χ1n) is 5.76. The van der Waals surface area contributed by atoms with Crippen molar-refractivity contribution in [1.82, 2.24) is 5.32 Å². The van der Waals surface area contributed by atoms with Crippen molar-refractivity contribution in [1.29, 1.82) is 0 Å². The average Bonchev–Trinajstić information content (AvgIpc) is 2.25. The van der Waals surface area contributed by atoms with Crippen molar-refractivity contribution in [2.45, 2.75) is 32.7 Å². The number of hydrogen-bond donors (Lipinski definition) is 2. The van der Waals surface area contributed by atoms with Crippen molar-refractivity contribution in [3.8, 4) is 0 Å². The number of nitrogens with one attached hydrogen (secondary N) is 1. The lowest BCUT2D eigenvalue weighted by atomic mass is 10.0. The number of nitrogens with two attached hydrogens (primary N) is 1. The Bertz CT molecular complexity index is 348. The number of rotatable bonds is 5. The Morgan fingerprint density at radius 1 is 1.50 bits per heavy atom. The minimum atomic E-state index is -0.00613. The zero-order valence-corrected chi connectivity index (χ0v) is 9.99. The van der Waals surface area contributed by atoms with E-state index in [9.17, 15) is 4.79 Å². The molecule has 0 radical (unpaired) electrons. The maximum absolute atomic E-state index is 11.7. The molecular weight excluding hydrogens is 200 g/mol. The summed E-state index contributed by atoms with van der Waals surface area (Å²) >= 11 is 0. The Morgan fingerprint density at radius 3 is 2.88 bits per heavy atom. The molecule has 0 fully saturated rings. The van der Waals surface area contributed by atoms with Gasteiger partial charge in [-0.2, -0.15) is 0 Å². The van der Waals surface area contributed by atoms with Crippen LogP contribution in [0.4, 0.5) is 0 Å². The Morgan fingerprint density at radius 2 is 2.25 bits per heavy atom. The van der Waals surface area contributed by atoms with E-state index in [0.29, 0.717) is 5.56 Å². The molecule has 1 rings (SSSR count). The van der Waals surface area contributed by atoms with Gasteiger partial charge in [0, 0.05) is 18.2 Å². The van der Waals surface area contributed by atoms with Crippen LogP contribution in [-0.2, 0) is 6.42 Å². The van der Waals surface area contributed by atoms with Crippen molar-refractivity contribution in [2.24, 2.45) is 5.73 Å². The van der Waals surface area contributed by atoms with Gasteiger partial charge in [-0.15, -0.1) is 0 Å². The summed E-state index contributed by atoms with van der Waals surface area (Å²) in [6.07, 6.45) is 1.75. The topological polar surface area (TPSA) is 55.1 Å². The lowest BCUT2D eigenvalue weighted by Crippen LogP contribution is -2.24. The molecule has 0 heterocycles. The van der Waals surface area contributed by atoms with Crippen LogP contribution in [0.25, 0.3) is 0 Å². The molecule has 16 heavy (non-hydrogen) atoms. The molecule has 0 aliphatic rings. The minimum Gasteiger partial charge on any atom is -0.352 e. The smallest absolute Gasteiger partial charge is 0.251 e. The van der Waals surface area contributed by atoms with Crippen LogP contribution >= 0.6 is 0 Å². The Kier molecular flexibility index (Phi) is 4.99. The molecule has 0 aliphatic heterocycles. The maximum atomic E-state index is 11.7. The second kappa shape index (κ2) is 6.28. The molecular formula is C13H20N2O. The summed E-state index contributed by atoms with van der Waals surface area (Å²) in [6, 6.07) is 7.76. The third kappa shape index (κ3) is 4.03. The zero-order valence-electron chi connectivity index (χ0n) is 9.99. The van der Waals surface area contributed by atoms with E-state index in [1.807, 2.05) is 38.1 Å². The molecule has 1 aromatic carbocycles. The van der Waals surface area contributed by atoms with E-state index in [-0.39, 0.29) is 11.9 Å². The second-order valence-corrected chi connectivity index (χ2v) is 4.14. The van der Waals surface area contributed by atoms with E-state index in [1.54, 1.807) is 0 Å². The quantitative estimate of drug-likeness (QED) is 0.793. The molecule has 88 valence electrons. The molecule has 3 heteroatoms. The highest BCUT2D eigenvalue weighted by Gasteiger charge is 2.05. The van der Waals surface area contributed by atoms with Crippen molar-refractivity contribution in [3.05, 3.63) is 35.4 Å². The largest absolute Gasteiger partial charge is 0.352 e. The van der Waals surface area contributed by atoms with Gasteiger partial charge in [0.15, 0.2) is 0 Å². The van der Waals surface area contributed by atoms with Gasteiger partial charge in [0.1, 0.15) is 0 Å². The van der Waals surface area contributed by atoms with E-state index in [4.69, 9.17) is 5.73 Å². The first-order valence-corrected chi connectivity index (χ1v) is 5.76. The van der Waals surface area contributed by atoms with Crippen LogP contribution in [0.1, 0.15) is 36.2 Å². The van der Waals surface area contributed by atoms with E-state index >= 15 is 0 Å².